The number of anilines is 1. The number of carbonyl (C=O) groups excluding carboxylic acids is 2. The van der Waals surface area contributed by atoms with Crippen molar-refractivity contribution < 1.29 is 9.59 Å². The molecule has 0 unspecified atom stereocenters. The molecule has 5 heteroatoms. The van der Waals surface area contributed by atoms with E-state index in [9.17, 15) is 9.59 Å². The largest absolute Gasteiger partial charge is 0.368 e. The van der Waals surface area contributed by atoms with Crippen LogP contribution in [0, 0.1) is 0 Å². The fourth-order valence-corrected chi connectivity index (χ4v) is 4.34. The van der Waals surface area contributed by atoms with Gasteiger partial charge in [0.15, 0.2) is 0 Å². The van der Waals surface area contributed by atoms with Crippen LogP contribution >= 0.6 is 0 Å². The highest BCUT2D eigenvalue weighted by molar-refractivity contribution is 5.92. The Morgan fingerprint density at radius 2 is 1.57 bits per heavy atom. The summed E-state index contributed by atoms with van der Waals surface area (Å²) in [5, 5.41) is 0. The van der Waals surface area contributed by atoms with E-state index in [1.54, 1.807) is 4.90 Å². The molecule has 0 N–H and O–H groups in total. The molecule has 146 valence electrons. The minimum absolute atomic E-state index is 0.0135. The van der Waals surface area contributed by atoms with Crippen LogP contribution in [0.2, 0.25) is 0 Å². The van der Waals surface area contributed by atoms with Crippen molar-refractivity contribution in [2.75, 3.05) is 31.1 Å². The van der Waals surface area contributed by atoms with Crippen molar-refractivity contribution in [2.24, 2.45) is 0 Å². The van der Waals surface area contributed by atoms with E-state index in [4.69, 9.17) is 0 Å². The van der Waals surface area contributed by atoms with Crippen LogP contribution < -0.4 is 4.90 Å². The Hall–Kier alpha value is -2.82. The molecule has 0 radical (unpaired) electrons. The van der Waals surface area contributed by atoms with Crippen LogP contribution in [0.3, 0.4) is 0 Å². The Labute approximate surface area is 166 Å². The third-order valence-corrected chi connectivity index (χ3v) is 5.76. The van der Waals surface area contributed by atoms with Crippen molar-refractivity contribution >= 4 is 17.5 Å². The Kier molecular flexibility index (Phi) is 5.07. The summed E-state index contributed by atoms with van der Waals surface area (Å²) in [5.74, 6) is 0.0804. The molecule has 2 amide bonds. The van der Waals surface area contributed by atoms with Crippen LogP contribution in [0.5, 0.6) is 0 Å². The van der Waals surface area contributed by atoms with Gasteiger partial charge in [-0.15, -0.1) is 0 Å². The molecule has 0 aliphatic carbocycles. The van der Waals surface area contributed by atoms with E-state index >= 15 is 0 Å². The second kappa shape index (κ2) is 7.66. The van der Waals surface area contributed by atoms with Gasteiger partial charge in [0.2, 0.25) is 11.8 Å². The van der Waals surface area contributed by atoms with Gasteiger partial charge in [-0.2, -0.15) is 0 Å². The average Bonchev–Trinajstić information content (AvgIpc) is 2.72. The molecule has 2 aliphatic heterocycles. The lowest BCUT2D eigenvalue weighted by atomic mass is 9.90. The zero-order valence-electron chi connectivity index (χ0n) is 16.5. The van der Waals surface area contributed by atoms with E-state index in [1.165, 1.54) is 5.69 Å². The third kappa shape index (κ3) is 3.37. The lowest BCUT2D eigenvalue weighted by Crippen LogP contribution is -2.55. The number of rotatable bonds is 3. The van der Waals surface area contributed by atoms with E-state index < -0.39 is 6.04 Å². The van der Waals surface area contributed by atoms with Crippen LogP contribution in [-0.4, -0.2) is 53.8 Å². The summed E-state index contributed by atoms with van der Waals surface area (Å²) in [6.07, 6.45) is 0.375. The Bertz CT molecular complexity index is 857. The summed E-state index contributed by atoms with van der Waals surface area (Å²) < 4.78 is 0. The van der Waals surface area contributed by atoms with Gasteiger partial charge in [-0.05, 0) is 37.1 Å². The first-order valence-electron chi connectivity index (χ1n) is 10.0. The maximum absolute atomic E-state index is 13.5. The van der Waals surface area contributed by atoms with Gasteiger partial charge >= 0.3 is 0 Å². The number of amides is 2. The van der Waals surface area contributed by atoms with Crippen molar-refractivity contribution in [1.82, 2.24) is 9.80 Å². The molecule has 5 nitrogen and oxygen atoms in total. The van der Waals surface area contributed by atoms with Gasteiger partial charge in [0.05, 0.1) is 6.42 Å². The molecule has 2 aromatic carbocycles. The monoisotopic (exact) mass is 377 g/mol. The summed E-state index contributed by atoms with van der Waals surface area (Å²) >= 11 is 0. The second-order valence-corrected chi connectivity index (χ2v) is 7.82. The minimum atomic E-state index is -0.513. The van der Waals surface area contributed by atoms with Crippen LogP contribution in [-0.2, 0) is 16.0 Å². The highest BCUT2D eigenvalue weighted by Gasteiger charge is 2.40. The normalized spacial score (nSPS) is 19.8. The number of piperazine rings is 1. The van der Waals surface area contributed by atoms with Crippen molar-refractivity contribution in [2.45, 2.75) is 32.4 Å². The SMILES string of the molecule is CC(C)N1C(=O)Cc2ccccc2[C@H]1C(=O)N1CCN(c2ccccc2)CC1. The van der Waals surface area contributed by atoms with E-state index in [1.807, 2.05) is 61.2 Å². The highest BCUT2D eigenvalue weighted by atomic mass is 16.2. The average molecular weight is 377 g/mol. The summed E-state index contributed by atoms with van der Waals surface area (Å²) in [5.41, 5.74) is 3.15. The van der Waals surface area contributed by atoms with Crippen molar-refractivity contribution in [3.8, 4) is 0 Å². The molecule has 0 spiro atoms. The lowest BCUT2D eigenvalue weighted by Gasteiger charge is -2.43. The number of benzene rings is 2. The molecule has 2 aliphatic rings. The molecule has 0 saturated carbocycles. The van der Waals surface area contributed by atoms with Gasteiger partial charge in [0, 0.05) is 37.9 Å². The standard InChI is InChI=1S/C23H27N3O2/c1-17(2)26-21(27)16-18-8-6-7-11-20(18)22(26)23(28)25-14-12-24(13-15-25)19-9-4-3-5-10-19/h3-11,17,22H,12-16H2,1-2H3/t22-/m0/s1. The van der Waals surface area contributed by atoms with Gasteiger partial charge in [-0.1, -0.05) is 42.5 Å². The van der Waals surface area contributed by atoms with Crippen molar-refractivity contribution in [3.63, 3.8) is 0 Å². The van der Waals surface area contributed by atoms with Gasteiger partial charge in [-0.25, -0.2) is 0 Å². The fraction of sp³-hybridized carbons (Fsp3) is 0.391. The predicted molar refractivity (Wildman–Crippen MR) is 110 cm³/mol. The minimum Gasteiger partial charge on any atom is -0.368 e. The summed E-state index contributed by atoms with van der Waals surface area (Å²) in [6.45, 7) is 6.93. The highest BCUT2D eigenvalue weighted by Crippen LogP contribution is 2.34. The fourth-order valence-electron chi connectivity index (χ4n) is 4.34. The predicted octanol–water partition coefficient (Wildman–Crippen LogP) is 2.87. The summed E-state index contributed by atoms with van der Waals surface area (Å²) in [7, 11) is 0. The molecule has 4 rings (SSSR count). The molecule has 2 heterocycles. The molecular weight excluding hydrogens is 350 g/mol. The van der Waals surface area contributed by atoms with Gasteiger partial charge in [-0.3, -0.25) is 9.59 Å². The Morgan fingerprint density at radius 3 is 2.25 bits per heavy atom. The Balaban J connectivity index is 1.55. The first-order chi connectivity index (χ1) is 13.6. The zero-order chi connectivity index (χ0) is 19.7. The number of para-hydroxylation sites is 1. The molecule has 1 saturated heterocycles. The maximum Gasteiger partial charge on any atom is 0.250 e. The van der Waals surface area contributed by atoms with E-state index in [-0.39, 0.29) is 17.9 Å². The van der Waals surface area contributed by atoms with Crippen molar-refractivity contribution in [1.29, 1.82) is 0 Å². The summed E-state index contributed by atoms with van der Waals surface area (Å²) in [6, 6.07) is 17.6. The lowest BCUT2D eigenvalue weighted by molar-refractivity contribution is -0.149. The van der Waals surface area contributed by atoms with Crippen molar-refractivity contribution in [3.05, 3.63) is 65.7 Å². The first kappa shape index (κ1) is 18.5. The third-order valence-electron chi connectivity index (χ3n) is 5.76. The van der Waals surface area contributed by atoms with Crippen LogP contribution in [0.1, 0.15) is 31.0 Å². The van der Waals surface area contributed by atoms with Gasteiger partial charge < -0.3 is 14.7 Å². The number of fused-ring (bicyclic) bond motifs is 1. The van der Waals surface area contributed by atoms with E-state index in [2.05, 4.69) is 17.0 Å². The van der Waals surface area contributed by atoms with Crippen LogP contribution in [0.25, 0.3) is 0 Å². The van der Waals surface area contributed by atoms with E-state index in [0.29, 0.717) is 19.5 Å². The van der Waals surface area contributed by atoms with Crippen LogP contribution in [0.4, 0.5) is 5.69 Å². The number of nitrogens with zero attached hydrogens (tertiary/aromatic N) is 3. The number of hydrogen-bond acceptors (Lipinski definition) is 3. The topological polar surface area (TPSA) is 43.9 Å². The molecule has 1 atom stereocenters. The smallest absolute Gasteiger partial charge is 0.250 e. The summed E-state index contributed by atoms with van der Waals surface area (Å²) in [4.78, 5) is 32.3. The quantitative estimate of drug-likeness (QED) is 0.826. The van der Waals surface area contributed by atoms with Gasteiger partial charge in [0.25, 0.3) is 0 Å². The molecule has 28 heavy (non-hydrogen) atoms. The molecular formula is C23H27N3O2. The van der Waals surface area contributed by atoms with Gasteiger partial charge in [0.1, 0.15) is 6.04 Å². The molecule has 1 fully saturated rings. The maximum atomic E-state index is 13.5. The second-order valence-electron chi connectivity index (χ2n) is 7.82. The number of hydrogen-bond donors (Lipinski definition) is 0. The molecule has 0 bridgehead atoms. The Morgan fingerprint density at radius 1 is 0.929 bits per heavy atom. The zero-order valence-corrected chi connectivity index (χ0v) is 16.5. The first-order valence-corrected chi connectivity index (χ1v) is 10.0. The van der Waals surface area contributed by atoms with E-state index in [0.717, 1.165) is 24.2 Å². The molecule has 2 aromatic rings. The van der Waals surface area contributed by atoms with Crippen LogP contribution in [0.15, 0.2) is 54.6 Å². The molecule has 0 aromatic heterocycles. The number of carbonyl (C=O) groups is 2.